The summed E-state index contributed by atoms with van der Waals surface area (Å²) in [4.78, 5) is 29.1. The zero-order valence-electron chi connectivity index (χ0n) is 15.3. The maximum absolute atomic E-state index is 15.1. The molecular formula is C20H20FN3O3. The minimum Gasteiger partial charge on any atom is -0.477 e. The molecule has 7 heteroatoms. The van der Waals surface area contributed by atoms with E-state index in [4.69, 9.17) is 0 Å². The Bertz CT molecular complexity index is 1140. The van der Waals surface area contributed by atoms with Crippen LogP contribution in [0.4, 0.5) is 10.1 Å². The molecule has 0 amide bonds. The number of aromatic amines is 1. The van der Waals surface area contributed by atoms with Crippen LogP contribution in [0.15, 0.2) is 29.3 Å². The molecule has 1 aliphatic carbocycles. The molecule has 1 aliphatic rings. The highest BCUT2D eigenvalue weighted by Crippen LogP contribution is 2.44. The number of carbonyl (C=O) groups is 1. The van der Waals surface area contributed by atoms with Gasteiger partial charge in [-0.25, -0.2) is 9.18 Å². The lowest BCUT2D eigenvalue weighted by Gasteiger charge is -2.18. The number of nitrogens with one attached hydrogen (secondary N) is 1. The summed E-state index contributed by atoms with van der Waals surface area (Å²) in [6, 6.07) is 3.33. The van der Waals surface area contributed by atoms with Gasteiger partial charge >= 0.3 is 5.97 Å². The van der Waals surface area contributed by atoms with Gasteiger partial charge in [0.15, 0.2) is 0 Å². The number of fused-ring (bicyclic) bond motifs is 1. The fourth-order valence-corrected chi connectivity index (χ4v) is 3.75. The Morgan fingerprint density at radius 2 is 2.07 bits per heavy atom. The zero-order chi connectivity index (χ0) is 19.5. The van der Waals surface area contributed by atoms with Gasteiger partial charge < -0.3 is 15.0 Å². The molecule has 0 unspecified atom stereocenters. The largest absolute Gasteiger partial charge is 0.477 e. The molecule has 0 aliphatic heterocycles. The molecule has 3 aromatic heterocycles. The number of carboxylic acid groups (broad SMARTS) is 1. The van der Waals surface area contributed by atoms with Crippen LogP contribution in [0.2, 0.25) is 0 Å². The molecule has 140 valence electrons. The average Bonchev–Trinajstić information content (AvgIpc) is 3.32. The van der Waals surface area contributed by atoms with Crippen LogP contribution in [0, 0.1) is 12.7 Å². The van der Waals surface area contributed by atoms with Crippen molar-refractivity contribution in [3.63, 3.8) is 0 Å². The monoisotopic (exact) mass is 369 g/mol. The van der Waals surface area contributed by atoms with Crippen LogP contribution >= 0.6 is 0 Å². The van der Waals surface area contributed by atoms with Crippen LogP contribution in [0.3, 0.4) is 0 Å². The summed E-state index contributed by atoms with van der Waals surface area (Å²) < 4.78 is 16.3. The van der Waals surface area contributed by atoms with E-state index in [1.807, 2.05) is 25.1 Å². The lowest BCUT2D eigenvalue weighted by molar-refractivity contribution is 0.0694. The van der Waals surface area contributed by atoms with Gasteiger partial charge in [0.1, 0.15) is 11.4 Å². The summed E-state index contributed by atoms with van der Waals surface area (Å²) in [5, 5.41) is 9.38. The van der Waals surface area contributed by atoms with E-state index in [0.29, 0.717) is 22.3 Å². The third-order valence-electron chi connectivity index (χ3n) is 5.18. The maximum atomic E-state index is 15.1. The van der Waals surface area contributed by atoms with E-state index < -0.39 is 17.3 Å². The van der Waals surface area contributed by atoms with Crippen molar-refractivity contribution in [1.82, 2.24) is 9.38 Å². The first-order valence-electron chi connectivity index (χ1n) is 8.78. The summed E-state index contributed by atoms with van der Waals surface area (Å²) in [7, 11) is 3.75. The molecule has 4 rings (SSSR count). The molecule has 0 bridgehead atoms. The Morgan fingerprint density at radius 1 is 1.37 bits per heavy atom. The molecular weight excluding hydrogens is 349 g/mol. The number of hydrogen-bond acceptors (Lipinski definition) is 3. The molecule has 0 radical (unpaired) electrons. The quantitative estimate of drug-likeness (QED) is 0.739. The first-order chi connectivity index (χ1) is 12.8. The zero-order valence-corrected chi connectivity index (χ0v) is 15.3. The topological polar surface area (TPSA) is 77.8 Å². The molecule has 0 atom stereocenters. The van der Waals surface area contributed by atoms with Gasteiger partial charge in [-0.15, -0.1) is 0 Å². The molecule has 3 aromatic rings. The minimum atomic E-state index is -1.29. The van der Waals surface area contributed by atoms with Crippen molar-refractivity contribution in [3.05, 3.63) is 57.4 Å². The van der Waals surface area contributed by atoms with Crippen molar-refractivity contribution < 1.29 is 14.3 Å². The highest BCUT2D eigenvalue weighted by molar-refractivity contribution is 5.90. The number of halogens is 1. The normalized spacial score (nSPS) is 13.9. The van der Waals surface area contributed by atoms with E-state index in [1.54, 1.807) is 13.1 Å². The molecule has 1 saturated carbocycles. The van der Waals surface area contributed by atoms with E-state index in [0.717, 1.165) is 34.7 Å². The first kappa shape index (κ1) is 17.3. The van der Waals surface area contributed by atoms with Gasteiger partial charge in [0, 0.05) is 32.1 Å². The van der Waals surface area contributed by atoms with Crippen molar-refractivity contribution in [2.75, 3.05) is 19.0 Å². The Hall–Kier alpha value is -3.09. The third-order valence-corrected chi connectivity index (χ3v) is 5.18. The van der Waals surface area contributed by atoms with Crippen LogP contribution in [-0.4, -0.2) is 34.6 Å². The number of aryl methyl sites for hydroxylation is 1. The lowest BCUT2D eigenvalue weighted by atomic mass is 9.98. The van der Waals surface area contributed by atoms with E-state index in [9.17, 15) is 14.7 Å². The van der Waals surface area contributed by atoms with Gasteiger partial charge in [-0.3, -0.25) is 9.20 Å². The summed E-state index contributed by atoms with van der Waals surface area (Å²) in [6.45, 7) is 1.78. The van der Waals surface area contributed by atoms with Gasteiger partial charge in [-0.2, -0.15) is 0 Å². The van der Waals surface area contributed by atoms with Crippen LogP contribution < -0.4 is 10.5 Å². The molecule has 0 saturated heterocycles. The SMILES string of the molecule is Cc1c(-c2[nH]ccc2N(C)C)c(F)cn2c(=O)c(C(=O)O)cc(C3CC3)c12. The number of pyridine rings is 2. The summed E-state index contributed by atoms with van der Waals surface area (Å²) >= 11 is 0. The molecule has 0 aromatic carbocycles. The number of rotatable bonds is 4. The maximum Gasteiger partial charge on any atom is 0.341 e. The minimum absolute atomic E-state index is 0.202. The number of hydrogen-bond donors (Lipinski definition) is 2. The fraction of sp³-hybridized carbons (Fsp3) is 0.300. The predicted octanol–water partition coefficient (Wildman–Crippen LogP) is 3.38. The molecule has 3 heterocycles. The predicted molar refractivity (Wildman–Crippen MR) is 101 cm³/mol. The van der Waals surface area contributed by atoms with Crippen molar-refractivity contribution in [1.29, 1.82) is 0 Å². The Balaban J connectivity index is 2.11. The summed E-state index contributed by atoms with van der Waals surface area (Å²) in [6.07, 6.45) is 4.73. The van der Waals surface area contributed by atoms with Crippen LogP contribution in [0.1, 0.15) is 40.2 Å². The van der Waals surface area contributed by atoms with Crippen molar-refractivity contribution >= 4 is 17.2 Å². The molecule has 27 heavy (non-hydrogen) atoms. The van der Waals surface area contributed by atoms with E-state index in [2.05, 4.69) is 4.98 Å². The Kier molecular flexibility index (Phi) is 3.83. The molecule has 1 fully saturated rings. The summed E-state index contributed by atoms with van der Waals surface area (Å²) in [5.74, 6) is -1.66. The van der Waals surface area contributed by atoms with Crippen LogP contribution in [-0.2, 0) is 0 Å². The van der Waals surface area contributed by atoms with Crippen LogP contribution in [0.5, 0.6) is 0 Å². The number of nitrogens with zero attached hydrogens (tertiary/aromatic N) is 2. The van der Waals surface area contributed by atoms with Crippen molar-refractivity contribution in [2.45, 2.75) is 25.7 Å². The smallest absolute Gasteiger partial charge is 0.341 e. The molecule has 6 nitrogen and oxygen atoms in total. The third kappa shape index (κ3) is 2.61. The Morgan fingerprint density at radius 3 is 2.67 bits per heavy atom. The number of carboxylic acids is 1. The lowest BCUT2D eigenvalue weighted by Crippen LogP contribution is -2.24. The number of aromatic nitrogens is 2. The summed E-state index contributed by atoms with van der Waals surface area (Å²) in [5.41, 5.74) is 2.84. The van der Waals surface area contributed by atoms with Crippen LogP contribution in [0.25, 0.3) is 16.8 Å². The molecule has 0 spiro atoms. The van der Waals surface area contributed by atoms with E-state index in [-0.39, 0.29) is 11.5 Å². The van der Waals surface area contributed by atoms with E-state index in [1.165, 1.54) is 6.07 Å². The van der Waals surface area contributed by atoms with Gasteiger partial charge in [0.05, 0.1) is 16.9 Å². The fourth-order valence-electron chi connectivity index (χ4n) is 3.75. The highest BCUT2D eigenvalue weighted by Gasteiger charge is 2.30. The van der Waals surface area contributed by atoms with Crippen molar-refractivity contribution in [3.8, 4) is 11.3 Å². The number of H-pyrrole nitrogens is 1. The second-order valence-corrected chi connectivity index (χ2v) is 7.23. The van der Waals surface area contributed by atoms with Gasteiger partial charge in [0.2, 0.25) is 0 Å². The first-order valence-corrected chi connectivity index (χ1v) is 8.78. The van der Waals surface area contributed by atoms with Crippen molar-refractivity contribution in [2.24, 2.45) is 0 Å². The van der Waals surface area contributed by atoms with Gasteiger partial charge in [-0.1, -0.05) is 0 Å². The van der Waals surface area contributed by atoms with E-state index >= 15 is 4.39 Å². The average molecular weight is 369 g/mol. The standard InChI is InChI=1S/C20H20FN3O3/c1-10-16(17-15(23(2)3)6-7-22-17)14(21)9-24-18(10)12(11-4-5-11)8-13(19(24)25)20(26)27/h6-9,11,22H,4-5H2,1-3H3,(H,26,27). The second-order valence-electron chi connectivity index (χ2n) is 7.23. The Labute approximate surface area is 154 Å². The van der Waals surface area contributed by atoms with Gasteiger partial charge in [0.25, 0.3) is 5.56 Å². The number of anilines is 1. The highest BCUT2D eigenvalue weighted by atomic mass is 19.1. The molecule has 2 N–H and O–H groups in total. The second kappa shape index (κ2) is 5.97. The van der Waals surface area contributed by atoms with Gasteiger partial charge in [-0.05, 0) is 48.9 Å². The number of aromatic carboxylic acids is 1.